The first-order valence-corrected chi connectivity index (χ1v) is 5.42. The van der Waals surface area contributed by atoms with Crippen LogP contribution in [0.4, 0.5) is 8.78 Å². The molecule has 88 valence electrons. The molecule has 0 amide bonds. The second-order valence-electron chi connectivity index (χ2n) is 3.75. The van der Waals surface area contributed by atoms with Gasteiger partial charge in [-0.2, -0.15) is 0 Å². The summed E-state index contributed by atoms with van der Waals surface area (Å²) in [6.45, 7) is 1.72. The van der Waals surface area contributed by atoms with E-state index >= 15 is 0 Å². The summed E-state index contributed by atoms with van der Waals surface area (Å²) in [5.41, 5.74) is -0.206. The Labute approximate surface area is 97.1 Å². The third-order valence-electron chi connectivity index (χ3n) is 2.53. The van der Waals surface area contributed by atoms with E-state index in [1.165, 1.54) is 25.1 Å². The zero-order chi connectivity index (χ0) is 11.8. The maximum absolute atomic E-state index is 13.5. The zero-order valence-electron chi connectivity index (χ0n) is 8.67. The van der Waals surface area contributed by atoms with E-state index in [0.717, 1.165) is 0 Å². The molecule has 0 aromatic heterocycles. The van der Waals surface area contributed by atoms with E-state index in [0.29, 0.717) is 0 Å². The van der Waals surface area contributed by atoms with E-state index in [-0.39, 0.29) is 24.2 Å². The Kier molecular flexibility index (Phi) is 3.15. The van der Waals surface area contributed by atoms with Crippen LogP contribution < -0.4 is 0 Å². The van der Waals surface area contributed by atoms with Crippen molar-refractivity contribution < 1.29 is 18.3 Å². The number of rotatable bonds is 2. The molecule has 0 N–H and O–H groups in total. The molecule has 2 unspecified atom stereocenters. The highest BCUT2D eigenvalue weighted by atomic mass is 35.5. The van der Waals surface area contributed by atoms with E-state index in [9.17, 15) is 8.78 Å². The Balaban J connectivity index is 2.37. The highest BCUT2D eigenvalue weighted by Crippen LogP contribution is 2.36. The molecule has 2 atom stereocenters. The van der Waals surface area contributed by atoms with Gasteiger partial charge in [0.2, 0.25) is 0 Å². The van der Waals surface area contributed by atoms with Gasteiger partial charge in [-0.3, -0.25) is 0 Å². The molecule has 1 heterocycles. The van der Waals surface area contributed by atoms with Crippen LogP contribution in [0.1, 0.15) is 12.5 Å². The molecular weight excluding hydrogens is 238 g/mol. The molecule has 1 aliphatic heterocycles. The van der Waals surface area contributed by atoms with Crippen molar-refractivity contribution in [2.75, 3.05) is 12.5 Å². The number of benzene rings is 1. The monoisotopic (exact) mass is 248 g/mol. The minimum absolute atomic E-state index is 0.206. The van der Waals surface area contributed by atoms with Crippen LogP contribution in [0, 0.1) is 11.6 Å². The van der Waals surface area contributed by atoms with Crippen molar-refractivity contribution in [1.29, 1.82) is 0 Å². The van der Waals surface area contributed by atoms with E-state index < -0.39 is 17.4 Å². The zero-order valence-corrected chi connectivity index (χ0v) is 9.43. The predicted molar refractivity (Wildman–Crippen MR) is 55.3 cm³/mol. The molecule has 1 saturated heterocycles. The van der Waals surface area contributed by atoms with Crippen molar-refractivity contribution in [3.63, 3.8) is 0 Å². The second-order valence-corrected chi connectivity index (χ2v) is 4.06. The van der Waals surface area contributed by atoms with Crippen LogP contribution in [-0.2, 0) is 15.3 Å². The van der Waals surface area contributed by atoms with E-state index in [1.807, 2.05) is 0 Å². The van der Waals surface area contributed by atoms with Crippen LogP contribution in [-0.4, -0.2) is 18.6 Å². The third-order valence-corrected chi connectivity index (χ3v) is 2.87. The highest BCUT2D eigenvalue weighted by molar-refractivity contribution is 6.18. The summed E-state index contributed by atoms with van der Waals surface area (Å²) in [7, 11) is 0. The Morgan fingerprint density at radius 2 is 2.06 bits per heavy atom. The van der Waals surface area contributed by atoms with Crippen molar-refractivity contribution in [2.45, 2.75) is 18.8 Å². The summed E-state index contributed by atoms with van der Waals surface area (Å²) in [6.07, 6.45) is -0.342. The lowest BCUT2D eigenvalue weighted by atomic mass is 10.1. The van der Waals surface area contributed by atoms with Gasteiger partial charge >= 0.3 is 0 Å². The lowest BCUT2D eigenvalue weighted by Crippen LogP contribution is -2.27. The van der Waals surface area contributed by atoms with E-state index in [1.54, 1.807) is 0 Å². The van der Waals surface area contributed by atoms with Gasteiger partial charge in [0.25, 0.3) is 0 Å². The number of halogens is 3. The molecule has 1 fully saturated rings. The minimum atomic E-state index is -1.39. The fraction of sp³-hybridized carbons (Fsp3) is 0.455. The first-order chi connectivity index (χ1) is 7.57. The lowest BCUT2D eigenvalue weighted by Gasteiger charge is -2.24. The molecule has 1 aromatic carbocycles. The fourth-order valence-electron chi connectivity index (χ4n) is 1.78. The minimum Gasteiger partial charge on any atom is -0.343 e. The SMILES string of the molecule is CC1(c2c(F)cccc2F)OCC(CCl)O1. The van der Waals surface area contributed by atoms with Crippen molar-refractivity contribution in [1.82, 2.24) is 0 Å². The second kappa shape index (κ2) is 4.28. The third kappa shape index (κ3) is 1.93. The molecular formula is C11H11ClF2O2. The summed E-state index contributed by atoms with van der Waals surface area (Å²) in [5.74, 6) is -2.53. The number of hydrogen-bond donors (Lipinski definition) is 0. The Hall–Kier alpha value is -0.710. The van der Waals surface area contributed by atoms with Crippen LogP contribution in [0.5, 0.6) is 0 Å². The van der Waals surface area contributed by atoms with Gasteiger partial charge in [0, 0.05) is 0 Å². The van der Waals surface area contributed by atoms with E-state index in [4.69, 9.17) is 21.1 Å². The average Bonchev–Trinajstić information content (AvgIpc) is 2.61. The Bertz CT molecular complexity index is 379. The van der Waals surface area contributed by atoms with Gasteiger partial charge < -0.3 is 9.47 Å². The van der Waals surface area contributed by atoms with Crippen LogP contribution in [0.25, 0.3) is 0 Å². The van der Waals surface area contributed by atoms with Gasteiger partial charge in [0.05, 0.1) is 24.2 Å². The predicted octanol–water partition coefficient (Wildman–Crippen LogP) is 2.79. The largest absolute Gasteiger partial charge is 0.343 e. The summed E-state index contributed by atoms with van der Waals surface area (Å²) < 4.78 is 37.8. The average molecular weight is 249 g/mol. The van der Waals surface area contributed by atoms with Crippen molar-refractivity contribution in [3.8, 4) is 0 Å². The standard InChI is InChI=1S/C11H11ClF2O2/c1-11(15-6-7(5-12)16-11)10-8(13)3-2-4-9(10)14/h2-4,7H,5-6H2,1H3. The fourth-order valence-corrected chi connectivity index (χ4v) is 1.93. The quantitative estimate of drug-likeness (QED) is 0.750. The van der Waals surface area contributed by atoms with Crippen molar-refractivity contribution >= 4 is 11.6 Å². The molecule has 2 nitrogen and oxygen atoms in total. The lowest BCUT2D eigenvalue weighted by molar-refractivity contribution is -0.163. The van der Waals surface area contributed by atoms with E-state index in [2.05, 4.69) is 0 Å². The number of alkyl halides is 1. The molecule has 2 rings (SSSR count). The van der Waals surface area contributed by atoms with Gasteiger partial charge in [-0.15, -0.1) is 11.6 Å². The molecule has 1 aliphatic rings. The van der Waals surface area contributed by atoms with Crippen molar-refractivity contribution in [2.24, 2.45) is 0 Å². The maximum atomic E-state index is 13.5. The maximum Gasteiger partial charge on any atom is 0.198 e. The molecule has 5 heteroatoms. The smallest absolute Gasteiger partial charge is 0.198 e. The number of hydrogen-bond acceptors (Lipinski definition) is 2. The van der Waals surface area contributed by atoms with Crippen LogP contribution >= 0.6 is 11.6 Å². The van der Waals surface area contributed by atoms with Crippen LogP contribution in [0.15, 0.2) is 18.2 Å². The Morgan fingerprint density at radius 1 is 1.44 bits per heavy atom. The molecule has 0 bridgehead atoms. The van der Waals surface area contributed by atoms with Crippen molar-refractivity contribution in [3.05, 3.63) is 35.4 Å². The van der Waals surface area contributed by atoms with Gasteiger partial charge in [0.15, 0.2) is 5.79 Å². The molecule has 1 aromatic rings. The van der Waals surface area contributed by atoms with Gasteiger partial charge in [-0.1, -0.05) is 6.07 Å². The molecule has 0 radical (unpaired) electrons. The molecule has 0 aliphatic carbocycles. The summed E-state index contributed by atoms with van der Waals surface area (Å²) in [4.78, 5) is 0. The van der Waals surface area contributed by atoms with Crippen LogP contribution in [0.2, 0.25) is 0 Å². The Morgan fingerprint density at radius 3 is 2.56 bits per heavy atom. The van der Waals surface area contributed by atoms with Gasteiger partial charge in [-0.25, -0.2) is 8.78 Å². The highest BCUT2D eigenvalue weighted by Gasteiger charge is 2.42. The van der Waals surface area contributed by atoms with Crippen LogP contribution in [0.3, 0.4) is 0 Å². The molecule has 16 heavy (non-hydrogen) atoms. The normalized spacial score (nSPS) is 29.6. The van der Waals surface area contributed by atoms with Gasteiger partial charge in [-0.05, 0) is 19.1 Å². The summed E-state index contributed by atoms with van der Waals surface area (Å²) in [5, 5.41) is 0. The van der Waals surface area contributed by atoms with Gasteiger partial charge in [0.1, 0.15) is 11.6 Å². The number of ether oxygens (including phenoxy) is 2. The summed E-state index contributed by atoms with van der Waals surface area (Å²) in [6, 6.07) is 3.64. The first kappa shape index (κ1) is 11.8. The topological polar surface area (TPSA) is 18.5 Å². The molecule has 0 spiro atoms. The summed E-state index contributed by atoms with van der Waals surface area (Å²) >= 11 is 5.61. The first-order valence-electron chi connectivity index (χ1n) is 4.89. The molecule has 0 saturated carbocycles.